The molecule has 0 radical (unpaired) electrons. The van der Waals surface area contributed by atoms with E-state index in [0.29, 0.717) is 10.6 Å². The molecule has 1 aromatic rings. The van der Waals surface area contributed by atoms with E-state index in [0.717, 1.165) is 0 Å². The standard InChI is InChI=1S/C9H9Cl2N3O2/c10-5-2-1-4(3-6(5)11)7(12)8(14-13)9(15)16/h1-3,14H,12-13H2,(H,15,16)/b8-7-. The van der Waals surface area contributed by atoms with Crippen LogP contribution in [0.2, 0.25) is 10.0 Å². The third-order valence-electron chi connectivity index (χ3n) is 1.86. The fourth-order valence-electron chi connectivity index (χ4n) is 1.06. The minimum atomic E-state index is -1.26. The Bertz CT molecular complexity index is 460. The zero-order chi connectivity index (χ0) is 12.3. The number of carboxylic acids is 1. The van der Waals surface area contributed by atoms with E-state index in [1.165, 1.54) is 12.1 Å². The molecular formula is C9H9Cl2N3O2. The van der Waals surface area contributed by atoms with Crippen LogP contribution in [0.25, 0.3) is 5.70 Å². The molecule has 1 rings (SSSR count). The Balaban J connectivity index is 3.27. The van der Waals surface area contributed by atoms with Crippen LogP contribution in [0.4, 0.5) is 0 Å². The van der Waals surface area contributed by atoms with E-state index in [1.54, 1.807) is 6.07 Å². The van der Waals surface area contributed by atoms with Gasteiger partial charge in [0.15, 0.2) is 5.70 Å². The van der Waals surface area contributed by atoms with Gasteiger partial charge in [-0.2, -0.15) is 0 Å². The third-order valence-corrected chi connectivity index (χ3v) is 2.60. The lowest BCUT2D eigenvalue weighted by Gasteiger charge is -2.08. The van der Waals surface area contributed by atoms with Gasteiger partial charge in [0.1, 0.15) is 0 Å². The molecule has 0 aromatic heterocycles. The van der Waals surface area contributed by atoms with Crippen LogP contribution >= 0.6 is 23.2 Å². The van der Waals surface area contributed by atoms with Gasteiger partial charge in [0.25, 0.3) is 0 Å². The first-order chi connectivity index (χ1) is 7.47. The average molecular weight is 262 g/mol. The summed E-state index contributed by atoms with van der Waals surface area (Å²) in [4.78, 5) is 10.8. The molecule has 7 heteroatoms. The number of halogens is 2. The molecule has 6 N–H and O–H groups in total. The van der Waals surface area contributed by atoms with Gasteiger partial charge in [0, 0.05) is 5.56 Å². The number of hydrogen-bond donors (Lipinski definition) is 4. The summed E-state index contributed by atoms with van der Waals surface area (Å²) in [6, 6.07) is 4.52. The third kappa shape index (κ3) is 2.57. The summed E-state index contributed by atoms with van der Waals surface area (Å²) in [6.45, 7) is 0. The van der Waals surface area contributed by atoms with E-state index in [-0.39, 0.29) is 16.4 Å². The van der Waals surface area contributed by atoms with Gasteiger partial charge in [0.2, 0.25) is 0 Å². The fourth-order valence-corrected chi connectivity index (χ4v) is 1.36. The molecule has 0 heterocycles. The zero-order valence-electron chi connectivity index (χ0n) is 8.00. The van der Waals surface area contributed by atoms with Crippen LogP contribution in [-0.2, 0) is 4.79 Å². The molecule has 0 saturated heterocycles. The molecule has 86 valence electrons. The second-order valence-electron chi connectivity index (χ2n) is 2.87. The normalized spacial score (nSPS) is 11.9. The van der Waals surface area contributed by atoms with Gasteiger partial charge in [-0.05, 0) is 12.1 Å². The second kappa shape index (κ2) is 5.07. The Kier molecular flexibility index (Phi) is 4.00. The summed E-state index contributed by atoms with van der Waals surface area (Å²) < 4.78 is 0. The predicted molar refractivity (Wildman–Crippen MR) is 62.5 cm³/mol. The summed E-state index contributed by atoms with van der Waals surface area (Å²) >= 11 is 11.5. The lowest BCUT2D eigenvalue weighted by Crippen LogP contribution is -2.29. The zero-order valence-corrected chi connectivity index (χ0v) is 9.51. The van der Waals surface area contributed by atoms with Crippen molar-refractivity contribution in [1.82, 2.24) is 5.43 Å². The molecule has 0 aliphatic heterocycles. The van der Waals surface area contributed by atoms with Crippen LogP contribution in [0, 0.1) is 0 Å². The second-order valence-corrected chi connectivity index (χ2v) is 3.68. The first-order valence-corrected chi connectivity index (χ1v) is 4.88. The minimum absolute atomic E-state index is 0.0198. The molecule has 0 amide bonds. The van der Waals surface area contributed by atoms with Gasteiger partial charge in [-0.15, -0.1) is 0 Å². The summed E-state index contributed by atoms with van der Waals surface area (Å²) in [5, 5.41) is 9.43. The van der Waals surface area contributed by atoms with Crippen molar-refractivity contribution in [2.24, 2.45) is 11.6 Å². The van der Waals surface area contributed by atoms with Gasteiger partial charge >= 0.3 is 5.97 Å². The van der Waals surface area contributed by atoms with E-state index in [2.05, 4.69) is 0 Å². The van der Waals surface area contributed by atoms with E-state index >= 15 is 0 Å². The number of nitrogens with two attached hydrogens (primary N) is 2. The lowest BCUT2D eigenvalue weighted by molar-refractivity contribution is -0.133. The average Bonchev–Trinajstić information content (AvgIpc) is 2.22. The molecule has 0 saturated carbocycles. The van der Waals surface area contributed by atoms with E-state index in [1.807, 2.05) is 5.43 Å². The van der Waals surface area contributed by atoms with E-state index in [9.17, 15) is 4.79 Å². The molecule has 0 fully saturated rings. The molecular weight excluding hydrogens is 253 g/mol. The molecule has 1 aromatic carbocycles. The lowest BCUT2D eigenvalue weighted by atomic mass is 10.1. The summed E-state index contributed by atoms with van der Waals surface area (Å²) in [5.41, 5.74) is 7.73. The van der Waals surface area contributed by atoms with Gasteiger partial charge in [0.05, 0.1) is 15.7 Å². The maximum absolute atomic E-state index is 10.8. The van der Waals surface area contributed by atoms with Crippen molar-refractivity contribution in [3.8, 4) is 0 Å². The SMILES string of the molecule is NN/C(C(=O)O)=C(\N)c1ccc(Cl)c(Cl)c1. The van der Waals surface area contributed by atoms with Gasteiger partial charge in [-0.1, -0.05) is 29.3 Å². The Morgan fingerprint density at radius 2 is 1.94 bits per heavy atom. The highest BCUT2D eigenvalue weighted by Gasteiger charge is 2.13. The monoisotopic (exact) mass is 261 g/mol. The van der Waals surface area contributed by atoms with Crippen molar-refractivity contribution in [1.29, 1.82) is 0 Å². The predicted octanol–water partition coefficient (Wildman–Crippen LogP) is 1.17. The quantitative estimate of drug-likeness (QED) is 0.372. The number of carboxylic acid groups (broad SMARTS) is 1. The van der Waals surface area contributed by atoms with Crippen LogP contribution in [0.5, 0.6) is 0 Å². The number of hydrogen-bond acceptors (Lipinski definition) is 4. The topological polar surface area (TPSA) is 101 Å². The molecule has 0 bridgehead atoms. The van der Waals surface area contributed by atoms with Crippen LogP contribution < -0.4 is 17.0 Å². The van der Waals surface area contributed by atoms with Gasteiger partial charge < -0.3 is 16.3 Å². The number of benzene rings is 1. The Morgan fingerprint density at radius 3 is 2.38 bits per heavy atom. The number of rotatable bonds is 3. The number of carbonyl (C=O) groups is 1. The van der Waals surface area contributed by atoms with Gasteiger partial charge in [-0.3, -0.25) is 5.84 Å². The van der Waals surface area contributed by atoms with Crippen molar-refractivity contribution >= 4 is 34.9 Å². The van der Waals surface area contributed by atoms with E-state index < -0.39 is 5.97 Å². The highest BCUT2D eigenvalue weighted by molar-refractivity contribution is 6.42. The summed E-state index contributed by atoms with van der Waals surface area (Å²) in [6.07, 6.45) is 0. The molecule has 16 heavy (non-hydrogen) atoms. The Labute approximate surface area is 102 Å². The number of hydrazine groups is 1. The molecule has 0 spiro atoms. The van der Waals surface area contributed by atoms with Crippen molar-refractivity contribution in [2.45, 2.75) is 0 Å². The first kappa shape index (κ1) is 12.6. The highest BCUT2D eigenvalue weighted by atomic mass is 35.5. The molecule has 0 atom stereocenters. The number of nitrogens with one attached hydrogen (secondary N) is 1. The first-order valence-electron chi connectivity index (χ1n) is 4.12. The maximum atomic E-state index is 10.8. The molecule has 0 unspecified atom stereocenters. The minimum Gasteiger partial charge on any atom is -0.476 e. The summed E-state index contributed by atoms with van der Waals surface area (Å²) in [5.74, 6) is 3.79. The van der Waals surface area contributed by atoms with Crippen LogP contribution in [0.1, 0.15) is 5.56 Å². The summed E-state index contributed by atoms with van der Waals surface area (Å²) in [7, 11) is 0. The van der Waals surface area contributed by atoms with Crippen molar-refractivity contribution in [3.05, 3.63) is 39.5 Å². The smallest absolute Gasteiger partial charge is 0.355 e. The van der Waals surface area contributed by atoms with Crippen molar-refractivity contribution in [2.75, 3.05) is 0 Å². The fraction of sp³-hybridized carbons (Fsp3) is 0. The van der Waals surface area contributed by atoms with Gasteiger partial charge in [-0.25, -0.2) is 4.79 Å². The van der Waals surface area contributed by atoms with Crippen LogP contribution in [-0.4, -0.2) is 11.1 Å². The number of aliphatic carboxylic acids is 1. The van der Waals surface area contributed by atoms with Crippen LogP contribution in [0.15, 0.2) is 23.9 Å². The maximum Gasteiger partial charge on any atom is 0.355 e. The molecule has 5 nitrogen and oxygen atoms in total. The highest BCUT2D eigenvalue weighted by Crippen LogP contribution is 2.25. The van der Waals surface area contributed by atoms with Crippen LogP contribution in [0.3, 0.4) is 0 Å². The molecule has 0 aliphatic carbocycles. The van der Waals surface area contributed by atoms with E-state index in [4.69, 9.17) is 39.9 Å². The Hall–Kier alpha value is -1.43. The Morgan fingerprint density at radius 1 is 1.31 bits per heavy atom. The molecule has 0 aliphatic rings. The largest absolute Gasteiger partial charge is 0.476 e. The van der Waals surface area contributed by atoms with Crippen molar-refractivity contribution < 1.29 is 9.90 Å². The van der Waals surface area contributed by atoms with Crippen molar-refractivity contribution in [3.63, 3.8) is 0 Å².